The molecule has 0 radical (unpaired) electrons. The van der Waals surface area contributed by atoms with Gasteiger partial charge in [0.2, 0.25) is 5.41 Å². The number of carbonyl (C=O) groups excluding carboxylic acids is 2. The van der Waals surface area contributed by atoms with Crippen molar-refractivity contribution in [2.24, 2.45) is 5.41 Å². The third-order valence-corrected chi connectivity index (χ3v) is 4.18. The molecular weight excluding hydrogens is 345 g/mol. The summed E-state index contributed by atoms with van der Waals surface area (Å²) in [5.74, 6) is -2.82. The van der Waals surface area contributed by atoms with Crippen molar-refractivity contribution in [3.8, 4) is 0 Å². The Morgan fingerprint density at radius 1 is 1.19 bits per heavy atom. The standard InChI is InChI=1S/C20H25F3O3/c1-7-16-9-8-15(12-13(16)2)10-11-19(14(3)24,20(21,22)23)17(25)26-18(4,5)6/h7-9,12H,1,10-11H2,2-6H3. The first-order valence-corrected chi connectivity index (χ1v) is 8.28. The number of ketones is 1. The quantitative estimate of drug-likeness (QED) is 0.520. The summed E-state index contributed by atoms with van der Waals surface area (Å²) >= 11 is 0. The molecule has 0 aromatic heterocycles. The summed E-state index contributed by atoms with van der Waals surface area (Å²) in [6, 6.07) is 5.14. The van der Waals surface area contributed by atoms with Gasteiger partial charge in [-0.3, -0.25) is 9.59 Å². The molecule has 1 aromatic rings. The van der Waals surface area contributed by atoms with Crippen LogP contribution in [0.3, 0.4) is 0 Å². The van der Waals surface area contributed by atoms with Crippen LogP contribution in [-0.2, 0) is 20.7 Å². The second-order valence-electron chi connectivity index (χ2n) is 7.36. The fourth-order valence-corrected chi connectivity index (χ4v) is 2.70. The highest BCUT2D eigenvalue weighted by molar-refractivity contribution is 6.03. The lowest BCUT2D eigenvalue weighted by molar-refractivity contribution is -0.235. The minimum Gasteiger partial charge on any atom is -0.459 e. The summed E-state index contributed by atoms with van der Waals surface area (Å²) in [7, 11) is 0. The van der Waals surface area contributed by atoms with E-state index in [0.717, 1.165) is 18.1 Å². The number of halogens is 3. The van der Waals surface area contributed by atoms with Crippen LogP contribution in [0.5, 0.6) is 0 Å². The number of aryl methyl sites for hydroxylation is 2. The monoisotopic (exact) mass is 370 g/mol. The van der Waals surface area contributed by atoms with Gasteiger partial charge in [-0.15, -0.1) is 0 Å². The number of hydrogen-bond acceptors (Lipinski definition) is 3. The molecule has 0 amide bonds. The average Bonchev–Trinajstić information content (AvgIpc) is 2.44. The van der Waals surface area contributed by atoms with E-state index in [1.807, 2.05) is 6.92 Å². The van der Waals surface area contributed by atoms with Crippen molar-refractivity contribution < 1.29 is 27.5 Å². The van der Waals surface area contributed by atoms with Crippen molar-refractivity contribution in [2.45, 2.75) is 59.2 Å². The molecule has 1 atom stereocenters. The van der Waals surface area contributed by atoms with Gasteiger partial charge < -0.3 is 4.74 Å². The summed E-state index contributed by atoms with van der Waals surface area (Å²) in [6.45, 7) is 10.6. The van der Waals surface area contributed by atoms with E-state index in [4.69, 9.17) is 4.74 Å². The number of carbonyl (C=O) groups is 2. The highest BCUT2D eigenvalue weighted by atomic mass is 19.4. The van der Waals surface area contributed by atoms with Crippen molar-refractivity contribution in [3.05, 3.63) is 41.5 Å². The van der Waals surface area contributed by atoms with Crippen LogP contribution >= 0.6 is 0 Å². The van der Waals surface area contributed by atoms with Crippen LogP contribution in [0.1, 0.15) is 50.8 Å². The normalized spacial score (nSPS) is 14.5. The first kappa shape index (κ1) is 21.9. The van der Waals surface area contributed by atoms with Crippen LogP contribution in [0, 0.1) is 12.3 Å². The van der Waals surface area contributed by atoms with Crippen LogP contribution in [-0.4, -0.2) is 23.5 Å². The Balaban J connectivity index is 3.25. The summed E-state index contributed by atoms with van der Waals surface area (Å²) < 4.78 is 46.4. The van der Waals surface area contributed by atoms with E-state index < -0.39 is 35.4 Å². The number of Topliss-reactive ketones (excluding diaryl/α,β-unsaturated/α-hetero) is 1. The highest BCUT2D eigenvalue weighted by Gasteiger charge is 2.65. The SMILES string of the molecule is C=Cc1ccc(CCC(C(C)=O)(C(=O)OC(C)(C)C)C(F)(F)F)cc1C. The molecule has 26 heavy (non-hydrogen) atoms. The number of esters is 1. The Morgan fingerprint density at radius 2 is 1.77 bits per heavy atom. The highest BCUT2D eigenvalue weighted by Crippen LogP contribution is 2.45. The predicted octanol–water partition coefficient (Wildman–Crippen LogP) is 5.05. The second-order valence-corrected chi connectivity index (χ2v) is 7.36. The van der Waals surface area contributed by atoms with Gasteiger partial charge in [-0.25, -0.2) is 0 Å². The number of rotatable bonds is 6. The zero-order chi connectivity index (χ0) is 20.3. The number of benzene rings is 1. The lowest BCUT2D eigenvalue weighted by Gasteiger charge is -2.34. The second kappa shape index (κ2) is 7.64. The first-order valence-electron chi connectivity index (χ1n) is 8.28. The lowest BCUT2D eigenvalue weighted by atomic mass is 9.77. The number of hydrogen-bond donors (Lipinski definition) is 0. The summed E-state index contributed by atoms with van der Waals surface area (Å²) in [5.41, 5.74) is -1.98. The Morgan fingerprint density at radius 3 is 2.15 bits per heavy atom. The number of ether oxygens (including phenoxy) is 1. The molecule has 0 aliphatic carbocycles. The van der Waals surface area contributed by atoms with E-state index in [1.165, 1.54) is 20.8 Å². The zero-order valence-corrected chi connectivity index (χ0v) is 15.8. The van der Waals surface area contributed by atoms with Gasteiger partial charge >= 0.3 is 12.1 Å². The van der Waals surface area contributed by atoms with Gasteiger partial charge in [-0.1, -0.05) is 30.9 Å². The predicted molar refractivity (Wildman–Crippen MR) is 94.6 cm³/mol. The average molecular weight is 370 g/mol. The van der Waals surface area contributed by atoms with E-state index in [9.17, 15) is 22.8 Å². The zero-order valence-electron chi connectivity index (χ0n) is 15.8. The molecule has 0 saturated carbocycles. The van der Waals surface area contributed by atoms with Gasteiger partial charge in [0.05, 0.1) is 0 Å². The molecule has 1 aromatic carbocycles. The van der Waals surface area contributed by atoms with Crippen molar-refractivity contribution >= 4 is 17.8 Å². The molecule has 1 rings (SSSR count). The number of alkyl halides is 3. The van der Waals surface area contributed by atoms with E-state index in [2.05, 4.69) is 6.58 Å². The Kier molecular flexibility index (Phi) is 6.44. The summed E-state index contributed by atoms with van der Waals surface area (Å²) in [6.07, 6.45) is -4.18. The van der Waals surface area contributed by atoms with Crippen molar-refractivity contribution in [3.63, 3.8) is 0 Å². The third-order valence-electron chi connectivity index (χ3n) is 4.18. The minimum atomic E-state index is -5.04. The van der Waals surface area contributed by atoms with Crippen LogP contribution in [0.2, 0.25) is 0 Å². The van der Waals surface area contributed by atoms with Gasteiger partial charge in [0.15, 0.2) is 5.78 Å². The van der Waals surface area contributed by atoms with Crippen LogP contribution in [0.25, 0.3) is 6.08 Å². The van der Waals surface area contributed by atoms with E-state index in [-0.39, 0.29) is 6.42 Å². The van der Waals surface area contributed by atoms with Crippen LogP contribution in [0.4, 0.5) is 13.2 Å². The molecule has 6 heteroatoms. The van der Waals surface area contributed by atoms with E-state index in [0.29, 0.717) is 5.56 Å². The topological polar surface area (TPSA) is 43.4 Å². The van der Waals surface area contributed by atoms with Gasteiger partial charge in [0.1, 0.15) is 5.60 Å². The van der Waals surface area contributed by atoms with Crippen molar-refractivity contribution in [1.82, 2.24) is 0 Å². The molecule has 0 N–H and O–H groups in total. The smallest absolute Gasteiger partial charge is 0.411 e. The van der Waals surface area contributed by atoms with Gasteiger partial charge in [0, 0.05) is 0 Å². The maximum Gasteiger partial charge on any atom is 0.411 e. The van der Waals surface area contributed by atoms with E-state index in [1.54, 1.807) is 24.3 Å². The first-order chi connectivity index (χ1) is 11.7. The maximum atomic E-state index is 13.8. The summed E-state index contributed by atoms with van der Waals surface area (Å²) in [4.78, 5) is 24.4. The van der Waals surface area contributed by atoms with Gasteiger partial charge in [-0.05, 0) is 64.2 Å². The third kappa shape index (κ3) is 4.74. The van der Waals surface area contributed by atoms with E-state index >= 15 is 0 Å². The molecule has 0 spiro atoms. The molecule has 3 nitrogen and oxygen atoms in total. The molecule has 144 valence electrons. The molecule has 0 heterocycles. The lowest BCUT2D eigenvalue weighted by Crippen LogP contribution is -2.53. The summed E-state index contributed by atoms with van der Waals surface area (Å²) in [5, 5.41) is 0. The molecule has 0 bridgehead atoms. The molecule has 1 unspecified atom stereocenters. The van der Waals surface area contributed by atoms with Crippen molar-refractivity contribution in [1.29, 1.82) is 0 Å². The molecule has 0 saturated heterocycles. The van der Waals surface area contributed by atoms with Crippen LogP contribution < -0.4 is 0 Å². The van der Waals surface area contributed by atoms with Gasteiger partial charge in [0.25, 0.3) is 0 Å². The fourth-order valence-electron chi connectivity index (χ4n) is 2.70. The molecule has 0 aliphatic rings. The Hall–Kier alpha value is -2.11. The Bertz CT molecular complexity index is 699. The Labute approximate surface area is 152 Å². The maximum absolute atomic E-state index is 13.8. The minimum absolute atomic E-state index is 0.0867. The van der Waals surface area contributed by atoms with Gasteiger partial charge in [-0.2, -0.15) is 13.2 Å². The molecule has 0 aliphatic heterocycles. The van der Waals surface area contributed by atoms with Crippen molar-refractivity contribution in [2.75, 3.05) is 0 Å². The van der Waals surface area contributed by atoms with Crippen LogP contribution in [0.15, 0.2) is 24.8 Å². The fraction of sp³-hybridized carbons (Fsp3) is 0.500. The molecular formula is C20H25F3O3. The largest absolute Gasteiger partial charge is 0.459 e. The molecule has 0 fully saturated rings.